The molecule has 0 aromatic carbocycles. The summed E-state index contributed by atoms with van der Waals surface area (Å²) in [4.78, 5) is 0. The van der Waals surface area contributed by atoms with E-state index in [4.69, 9.17) is 4.74 Å². The van der Waals surface area contributed by atoms with Crippen LogP contribution in [0.2, 0.25) is 0 Å². The van der Waals surface area contributed by atoms with Gasteiger partial charge in [0, 0.05) is 5.41 Å². The van der Waals surface area contributed by atoms with Crippen molar-refractivity contribution in [1.29, 1.82) is 0 Å². The molecule has 92 valence electrons. The highest BCUT2D eigenvalue weighted by molar-refractivity contribution is 5.16. The summed E-state index contributed by atoms with van der Waals surface area (Å²) in [7, 11) is 0. The molecule has 4 atom stereocenters. The molecule has 0 aromatic heterocycles. The lowest BCUT2D eigenvalue weighted by atomic mass is 9.72. The second kappa shape index (κ2) is 3.83. The second-order valence-corrected chi connectivity index (χ2v) is 6.21. The number of aliphatic hydroxyl groups is 2. The Balaban J connectivity index is 2.26. The number of fused-ring (bicyclic) bond motifs is 1. The Bertz CT molecular complexity index is 292. The molecule has 0 aromatic rings. The third kappa shape index (κ3) is 1.81. The van der Waals surface area contributed by atoms with E-state index in [1.165, 1.54) is 0 Å². The Labute approximate surface area is 97.1 Å². The Morgan fingerprint density at radius 3 is 2.62 bits per heavy atom. The third-order valence-electron chi connectivity index (χ3n) is 3.88. The van der Waals surface area contributed by atoms with Crippen molar-refractivity contribution >= 4 is 0 Å². The summed E-state index contributed by atoms with van der Waals surface area (Å²) in [5.74, 6) is 0. The number of hydrogen-bond acceptors (Lipinski definition) is 3. The molecule has 3 heteroatoms. The van der Waals surface area contributed by atoms with Gasteiger partial charge in [-0.05, 0) is 18.3 Å². The number of aliphatic hydroxyl groups excluding tert-OH is 2. The SMILES string of the molecule is CC(C)(C)[C@H]1C[C@]2(CO)C=CC[C@@H](O)[C@@H]2O1. The van der Waals surface area contributed by atoms with Gasteiger partial charge in [-0.2, -0.15) is 0 Å². The predicted octanol–water partition coefficient (Wildman–Crippen LogP) is 1.49. The minimum atomic E-state index is -0.482. The molecule has 1 aliphatic carbocycles. The molecule has 1 heterocycles. The van der Waals surface area contributed by atoms with Gasteiger partial charge in [-0.3, -0.25) is 0 Å². The second-order valence-electron chi connectivity index (χ2n) is 6.21. The van der Waals surface area contributed by atoms with Crippen LogP contribution < -0.4 is 0 Å². The summed E-state index contributed by atoms with van der Waals surface area (Å²) in [6.45, 7) is 6.46. The van der Waals surface area contributed by atoms with Crippen LogP contribution in [0.5, 0.6) is 0 Å². The molecule has 0 spiro atoms. The topological polar surface area (TPSA) is 49.7 Å². The van der Waals surface area contributed by atoms with Gasteiger partial charge in [-0.25, -0.2) is 0 Å². The van der Waals surface area contributed by atoms with E-state index in [0.717, 1.165) is 6.42 Å². The zero-order valence-corrected chi connectivity index (χ0v) is 10.3. The summed E-state index contributed by atoms with van der Waals surface area (Å²) in [6.07, 6.45) is 4.80. The molecule has 1 aliphatic heterocycles. The van der Waals surface area contributed by atoms with Crippen LogP contribution in [0.4, 0.5) is 0 Å². The summed E-state index contributed by atoms with van der Waals surface area (Å²) in [5, 5.41) is 19.6. The van der Waals surface area contributed by atoms with Crippen molar-refractivity contribution in [2.24, 2.45) is 10.8 Å². The van der Waals surface area contributed by atoms with Crippen LogP contribution in [0.3, 0.4) is 0 Å². The maximum atomic E-state index is 9.97. The van der Waals surface area contributed by atoms with Gasteiger partial charge in [0.05, 0.1) is 24.9 Å². The lowest BCUT2D eigenvalue weighted by Gasteiger charge is -2.35. The first-order chi connectivity index (χ1) is 7.39. The van der Waals surface area contributed by atoms with Crippen molar-refractivity contribution in [2.75, 3.05) is 6.61 Å². The molecule has 0 saturated carbocycles. The first-order valence-electron chi connectivity index (χ1n) is 6.01. The zero-order chi connectivity index (χ0) is 12.0. The van der Waals surface area contributed by atoms with Crippen LogP contribution in [0, 0.1) is 10.8 Å². The Hall–Kier alpha value is -0.380. The Morgan fingerprint density at radius 2 is 2.12 bits per heavy atom. The van der Waals surface area contributed by atoms with E-state index < -0.39 is 6.10 Å². The molecule has 2 rings (SSSR count). The minimum absolute atomic E-state index is 0.0487. The summed E-state index contributed by atoms with van der Waals surface area (Å²) in [5.41, 5.74) is -0.317. The lowest BCUT2D eigenvalue weighted by molar-refractivity contribution is -0.0920. The summed E-state index contributed by atoms with van der Waals surface area (Å²) >= 11 is 0. The van der Waals surface area contributed by atoms with Gasteiger partial charge in [0.2, 0.25) is 0 Å². The number of hydrogen-bond donors (Lipinski definition) is 2. The fraction of sp³-hybridized carbons (Fsp3) is 0.846. The molecular weight excluding hydrogens is 204 g/mol. The first-order valence-corrected chi connectivity index (χ1v) is 6.01. The third-order valence-corrected chi connectivity index (χ3v) is 3.88. The predicted molar refractivity (Wildman–Crippen MR) is 62.0 cm³/mol. The fourth-order valence-corrected chi connectivity index (χ4v) is 2.74. The Morgan fingerprint density at radius 1 is 1.44 bits per heavy atom. The molecule has 1 fully saturated rings. The molecule has 2 aliphatic rings. The molecule has 0 radical (unpaired) electrons. The van der Waals surface area contributed by atoms with Gasteiger partial charge in [0.15, 0.2) is 0 Å². The van der Waals surface area contributed by atoms with Gasteiger partial charge >= 0.3 is 0 Å². The standard InChI is InChI=1S/C13H22O3/c1-12(2,3)10-7-13(8-14)6-4-5-9(15)11(13)16-10/h4,6,9-11,14-15H,5,7-8H2,1-3H3/t9-,10-,11+,13+/m1/s1. The first kappa shape index (κ1) is 12.1. The lowest BCUT2D eigenvalue weighted by Crippen LogP contribution is -2.43. The molecular formula is C13H22O3. The van der Waals surface area contributed by atoms with E-state index in [1.807, 2.05) is 12.2 Å². The smallest absolute Gasteiger partial charge is 0.0954 e. The molecule has 0 unspecified atom stereocenters. The van der Waals surface area contributed by atoms with Crippen LogP contribution in [0.25, 0.3) is 0 Å². The highest BCUT2D eigenvalue weighted by Crippen LogP contribution is 2.48. The van der Waals surface area contributed by atoms with E-state index in [9.17, 15) is 10.2 Å². The van der Waals surface area contributed by atoms with Crippen molar-refractivity contribution in [1.82, 2.24) is 0 Å². The molecule has 16 heavy (non-hydrogen) atoms. The average Bonchev–Trinajstić information content (AvgIpc) is 2.59. The Kier molecular flexibility index (Phi) is 2.89. The monoisotopic (exact) mass is 226 g/mol. The summed E-state index contributed by atoms with van der Waals surface area (Å²) in [6, 6.07) is 0. The van der Waals surface area contributed by atoms with E-state index in [-0.39, 0.29) is 29.6 Å². The van der Waals surface area contributed by atoms with Gasteiger partial charge in [-0.1, -0.05) is 32.9 Å². The van der Waals surface area contributed by atoms with Crippen LogP contribution in [-0.4, -0.2) is 35.1 Å². The van der Waals surface area contributed by atoms with E-state index in [0.29, 0.717) is 6.42 Å². The normalized spacial score (nSPS) is 43.4. The fourth-order valence-electron chi connectivity index (χ4n) is 2.74. The van der Waals surface area contributed by atoms with Crippen LogP contribution in [0.1, 0.15) is 33.6 Å². The number of rotatable bonds is 1. The van der Waals surface area contributed by atoms with Crippen molar-refractivity contribution in [3.05, 3.63) is 12.2 Å². The average molecular weight is 226 g/mol. The summed E-state index contributed by atoms with van der Waals surface area (Å²) < 4.78 is 5.98. The molecule has 1 saturated heterocycles. The van der Waals surface area contributed by atoms with Gasteiger partial charge in [0.1, 0.15) is 0 Å². The quantitative estimate of drug-likeness (QED) is 0.666. The van der Waals surface area contributed by atoms with Crippen molar-refractivity contribution in [3.63, 3.8) is 0 Å². The van der Waals surface area contributed by atoms with Crippen molar-refractivity contribution < 1.29 is 14.9 Å². The highest BCUT2D eigenvalue weighted by Gasteiger charge is 2.53. The molecule has 3 nitrogen and oxygen atoms in total. The maximum Gasteiger partial charge on any atom is 0.0954 e. The van der Waals surface area contributed by atoms with Gasteiger partial charge < -0.3 is 14.9 Å². The van der Waals surface area contributed by atoms with Crippen molar-refractivity contribution in [2.45, 2.75) is 51.9 Å². The number of ether oxygens (including phenoxy) is 1. The van der Waals surface area contributed by atoms with Gasteiger partial charge in [0.25, 0.3) is 0 Å². The van der Waals surface area contributed by atoms with E-state index >= 15 is 0 Å². The van der Waals surface area contributed by atoms with Crippen LogP contribution >= 0.6 is 0 Å². The van der Waals surface area contributed by atoms with Crippen molar-refractivity contribution in [3.8, 4) is 0 Å². The van der Waals surface area contributed by atoms with Gasteiger partial charge in [-0.15, -0.1) is 0 Å². The van der Waals surface area contributed by atoms with Crippen LogP contribution in [0.15, 0.2) is 12.2 Å². The minimum Gasteiger partial charge on any atom is -0.395 e. The molecule has 2 N–H and O–H groups in total. The largest absolute Gasteiger partial charge is 0.395 e. The van der Waals surface area contributed by atoms with Crippen LogP contribution in [-0.2, 0) is 4.74 Å². The maximum absolute atomic E-state index is 9.97. The highest BCUT2D eigenvalue weighted by atomic mass is 16.5. The molecule has 0 amide bonds. The molecule has 0 bridgehead atoms. The van der Waals surface area contributed by atoms with E-state index in [2.05, 4.69) is 20.8 Å². The van der Waals surface area contributed by atoms with E-state index in [1.54, 1.807) is 0 Å². The zero-order valence-electron chi connectivity index (χ0n) is 10.3.